The minimum Gasteiger partial charge on any atom is -0.495 e. The summed E-state index contributed by atoms with van der Waals surface area (Å²) in [6.07, 6.45) is 0. The molecular weight excluding hydrogens is 438 g/mol. The number of benzene rings is 2. The van der Waals surface area contributed by atoms with Gasteiger partial charge in [0.05, 0.1) is 30.9 Å². The van der Waals surface area contributed by atoms with Crippen LogP contribution in [0.3, 0.4) is 0 Å². The van der Waals surface area contributed by atoms with Crippen molar-refractivity contribution in [2.75, 3.05) is 32.1 Å². The number of hydrogen-bond acceptors (Lipinski definition) is 5. The molecule has 1 aromatic heterocycles. The van der Waals surface area contributed by atoms with Crippen LogP contribution < -0.4 is 15.4 Å². The molecule has 31 heavy (non-hydrogen) atoms. The van der Waals surface area contributed by atoms with Crippen LogP contribution in [0.15, 0.2) is 48.5 Å². The van der Waals surface area contributed by atoms with Gasteiger partial charge in [-0.1, -0.05) is 41.9 Å². The molecule has 0 saturated heterocycles. The van der Waals surface area contributed by atoms with E-state index in [9.17, 15) is 14.4 Å². The third kappa shape index (κ3) is 5.34. The van der Waals surface area contributed by atoms with Gasteiger partial charge in [-0.05, 0) is 25.1 Å². The number of thiophene rings is 1. The summed E-state index contributed by atoms with van der Waals surface area (Å²) in [6, 6.07) is 14.5. The van der Waals surface area contributed by atoms with Crippen molar-refractivity contribution in [2.45, 2.75) is 6.92 Å². The summed E-state index contributed by atoms with van der Waals surface area (Å²) in [5.41, 5.74) is 0.520. The minimum atomic E-state index is -0.422. The fraction of sp³-hybridized carbons (Fsp3) is 0.227. The van der Waals surface area contributed by atoms with Crippen LogP contribution in [-0.4, -0.2) is 49.4 Å². The van der Waals surface area contributed by atoms with Gasteiger partial charge in [0.2, 0.25) is 11.8 Å². The lowest BCUT2D eigenvalue weighted by molar-refractivity contribution is -0.133. The Bertz CT molecular complexity index is 1120. The molecule has 0 fully saturated rings. The molecule has 2 N–H and O–H groups in total. The largest absolute Gasteiger partial charge is 0.495 e. The monoisotopic (exact) mass is 459 g/mol. The summed E-state index contributed by atoms with van der Waals surface area (Å²) >= 11 is 7.59. The lowest BCUT2D eigenvalue weighted by atomic mass is 10.2. The summed E-state index contributed by atoms with van der Waals surface area (Å²) in [5.74, 6) is -0.631. The van der Waals surface area contributed by atoms with Gasteiger partial charge in [0, 0.05) is 16.6 Å². The van der Waals surface area contributed by atoms with E-state index >= 15 is 0 Å². The second-order valence-electron chi connectivity index (χ2n) is 6.58. The number of ether oxygens (including phenoxy) is 1. The number of fused-ring (bicyclic) bond motifs is 1. The number of anilines is 1. The number of carbonyl (C=O) groups is 3. The van der Waals surface area contributed by atoms with E-state index in [1.807, 2.05) is 24.3 Å². The first kappa shape index (κ1) is 22.6. The van der Waals surface area contributed by atoms with E-state index in [4.69, 9.17) is 16.3 Å². The average Bonchev–Trinajstić information content (AvgIpc) is 3.12. The molecular formula is C22H22ClN3O4S. The number of nitrogens with zero attached hydrogens (tertiary/aromatic N) is 1. The summed E-state index contributed by atoms with van der Waals surface area (Å²) in [6.45, 7) is 1.70. The van der Waals surface area contributed by atoms with Gasteiger partial charge in [-0.25, -0.2) is 0 Å². The molecule has 1 heterocycles. The van der Waals surface area contributed by atoms with Crippen molar-refractivity contribution in [1.82, 2.24) is 10.2 Å². The second-order valence-corrected chi connectivity index (χ2v) is 8.01. The van der Waals surface area contributed by atoms with E-state index in [2.05, 4.69) is 10.6 Å². The lowest BCUT2D eigenvalue weighted by Gasteiger charge is -2.21. The van der Waals surface area contributed by atoms with Crippen LogP contribution in [0.25, 0.3) is 10.1 Å². The maximum atomic E-state index is 12.6. The van der Waals surface area contributed by atoms with Gasteiger partial charge in [0.15, 0.2) is 0 Å². The summed E-state index contributed by atoms with van der Waals surface area (Å²) < 4.78 is 6.11. The fourth-order valence-corrected chi connectivity index (χ4v) is 4.43. The van der Waals surface area contributed by atoms with Gasteiger partial charge < -0.3 is 20.3 Å². The van der Waals surface area contributed by atoms with Crippen molar-refractivity contribution < 1.29 is 19.1 Å². The molecule has 3 aromatic rings. The first-order valence-corrected chi connectivity index (χ1v) is 10.8. The minimum absolute atomic E-state index is 0.146. The van der Waals surface area contributed by atoms with Crippen LogP contribution in [0, 0.1) is 0 Å². The molecule has 0 bridgehead atoms. The van der Waals surface area contributed by atoms with Gasteiger partial charge >= 0.3 is 0 Å². The number of rotatable bonds is 8. The van der Waals surface area contributed by atoms with E-state index in [0.29, 0.717) is 27.9 Å². The maximum absolute atomic E-state index is 12.6. The normalized spacial score (nSPS) is 10.5. The van der Waals surface area contributed by atoms with Crippen molar-refractivity contribution in [3.8, 4) is 5.75 Å². The van der Waals surface area contributed by atoms with Crippen molar-refractivity contribution in [2.24, 2.45) is 0 Å². The zero-order valence-corrected chi connectivity index (χ0v) is 18.7. The molecule has 2 aromatic carbocycles. The number of methoxy groups -OCH3 is 1. The van der Waals surface area contributed by atoms with Gasteiger partial charge in [-0.15, -0.1) is 11.3 Å². The molecule has 0 aliphatic carbocycles. The Morgan fingerprint density at radius 1 is 1.10 bits per heavy atom. The maximum Gasteiger partial charge on any atom is 0.263 e. The molecule has 0 unspecified atom stereocenters. The standard InChI is InChI=1S/C22H22ClN3O4S/c1-3-26(13-18(27)25-15-9-5-6-10-16(15)30-2)19(28)12-24-22(29)21-20(23)14-8-4-7-11-17(14)31-21/h4-11H,3,12-13H2,1-2H3,(H,24,29)(H,25,27). The predicted octanol–water partition coefficient (Wildman–Crippen LogP) is 3.78. The number of halogens is 1. The molecule has 0 aliphatic rings. The highest BCUT2D eigenvalue weighted by Crippen LogP contribution is 2.34. The zero-order valence-electron chi connectivity index (χ0n) is 17.1. The lowest BCUT2D eigenvalue weighted by Crippen LogP contribution is -2.43. The van der Waals surface area contributed by atoms with Gasteiger partial charge in [0.25, 0.3) is 5.91 Å². The molecule has 0 aliphatic heterocycles. The van der Waals surface area contributed by atoms with E-state index in [0.717, 1.165) is 10.1 Å². The van der Waals surface area contributed by atoms with E-state index in [1.165, 1.54) is 23.3 Å². The smallest absolute Gasteiger partial charge is 0.263 e. The Morgan fingerprint density at radius 2 is 1.81 bits per heavy atom. The Morgan fingerprint density at radius 3 is 2.52 bits per heavy atom. The number of nitrogens with one attached hydrogen (secondary N) is 2. The topological polar surface area (TPSA) is 87.7 Å². The molecule has 0 saturated carbocycles. The molecule has 0 spiro atoms. The molecule has 3 amide bonds. The summed E-state index contributed by atoms with van der Waals surface area (Å²) in [5, 5.41) is 6.50. The Labute approximate surface area is 188 Å². The Kier molecular flexibility index (Phi) is 7.49. The number of hydrogen-bond donors (Lipinski definition) is 2. The number of para-hydroxylation sites is 2. The Balaban J connectivity index is 1.58. The molecule has 7 nitrogen and oxygen atoms in total. The SMILES string of the molecule is CCN(CC(=O)Nc1ccccc1OC)C(=O)CNC(=O)c1sc2ccccc2c1Cl. The highest BCUT2D eigenvalue weighted by molar-refractivity contribution is 7.21. The average molecular weight is 460 g/mol. The summed E-state index contributed by atoms with van der Waals surface area (Å²) in [4.78, 5) is 39.2. The third-order valence-corrected chi connectivity index (χ3v) is 6.27. The second kappa shape index (κ2) is 10.3. The van der Waals surface area contributed by atoms with Crippen LogP contribution in [-0.2, 0) is 9.59 Å². The Hall–Kier alpha value is -3.10. The highest BCUT2D eigenvalue weighted by atomic mass is 35.5. The zero-order chi connectivity index (χ0) is 22.4. The number of carbonyl (C=O) groups excluding carboxylic acids is 3. The van der Waals surface area contributed by atoms with Crippen LogP contribution in [0.5, 0.6) is 5.75 Å². The van der Waals surface area contributed by atoms with Crippen molar-refractivity contribution in [3.63, 3.8) is 0 Å². The fourth-order valence-electron chi connectivity index (χ4n) is 3.00. The van der Waals surface area contributed by atoms with Gasteiger partial charge in [0.1, 0.15) is 10.6 Å². The molecule has 162 valence electrons. The van der Waals surface area contributed by atoms with Crippen molar-refractivity contribution >= 4 is 56.4 Å². The number of amides is 3. The van der Waals surface area contributed by atoms with E-state index < -0.39 is 5.91 Å². The predicted molar refractivity (Wildman–Crippen MR) is 123 cm³/mol. The van der Waals surface area contributed by atoms with Crippen molar-refractivity contribution in [3.05, 3.63) is 58.4 Å². The van der Waals surface area contributed by atoms with Crippen LogP contribution in [0.2, 0.25) is 5.02 Å². The molecule has 0 atom stereocenters. The third-order valence-electron chi connectivity index (χ3n) is 4.59. The number of likely N-dealkylation sites (N-methyl/N-ethyl adjacent to an activating group) is 1. The van der Waals surface area contributed by atoms with Gasteiger partial charge in [-0.2, -0.15) is 0 Å². The van der Waals surface area contributed by atoms with Gasteiger partial charge in [-0.3, -0.25) is 14.4 Å². The van der Waals surface area contributed by atoms with Crippen LogP contribution in [0.4, 0.5) is 5.69 Å². The molecule has 0 radical (unpaired) electrons. The summed E-state index contributed by atoms with van der Waals surface area (Å²) in [7, 11) is 1.51. The first-order chi connectivity index (χ1) is 14.9. The molecule has 3 rings (SSSR count). The first-order valence-electron chi connectivity index (χ1n) is 9.60. The van der Waals surface area contributed by atoms with E-state index in [-0.39, 0.29) is 24.9 Å². The quantitative estimate of drug-likeness (QED) is 0.536. The highest BCUT2D eigenvalue weighted by Gasteiger charge is 2.20. The van der Waals surface area contributed by atoms with Crippen molar-refractivity contribution in [1.29, 1.82) is 0 Å². The van der Waals surface area contributed by atoms with Crippen LogP contribution >= 0.6 is 22.9 Å². The molecule has 9 heteroatoms. The van der Waals surface area contributed by atoms with Crippen LogP contribution in [0.1, 0.15) is 16.6 Å². The van der Waals surface area contributed by atoms with E-state index in [1.54, 1.807) is 31.2 Å².